The lowest BCUT2D eigenvalue weighted by atomic mass is 10.2. The number of nitrogens with one attached hydrogen (secondary N) is 1. The molecule has 0 unspecified atom stereocenters. The van der Waals surface area contributed by atoms with Gasteiger partial charge >= 0.3 is 6.09 Å². The summed E-state index contributed by atoms with van der Waals surface area (Å²) in [5.74, 6) is 0. The van der Waals surface area contributed by atoms with Crippen molar-refractivity contribution in [1.29, 1.82) is 0 Å². The Morgan fingerprint density at radius 2 is 1.75 bits per heavy atom. The van der Waals surface area contributed by atoms with Gasteiger partial charge in [0.1, 0.15) is 0 Å². The number of nitrogens with two attached hydrogens (primary N) is 1. The van der Waals surface area contributed by atoms with Crippen molar-refractivity contribution in [1.82, 2.24) is 0 Å². The molecule has 0 atom stereocenters. The maximum Gasteiger partial charge on any atom is 0.402 e. The van der Waals surface area contributed by atoms with Crippen molar-refractivity contribution in [3.63, 3.8) is 0 Å². The second-order valence-electron chi connectivity index (χ2n) is 3.83. The van der Waals surface area contributed by atoms with Gasteiger partial charge in [-0.2, -0.15) is 0 Å². The molecular formula is C12H18N2O2. The number of hydrogen-bond donors (Lipinski definition) is 3. The molecule has 2 rings (SSSR count). The summed E-state index contributed by atoms with van der Waals surface area (Å²) in [6, 6.07) is 11.2. The van der Waals surface area contributed by atoms with Crippen molar-refractivity contribution in [3.8, 4) is 0 Å². The summed E-state index contributed by atoms with van der Waals surface area (Å²) in [7, 11) is 0. The van der Waals surface area contributed by atoms with E-state index in [0.717, 1.165) is 6.04 Å². The lowest BCUT2D eigenvalue weighted by Gasteiger charge is -2.12. The quantitative estimate of drug-likeness (QED) is 0.720. The van der Waals surface area contributed by atoms with Crippen LogP contribution in [0.25, 0.3) is 0 Å². The molecule has 0 heterocycles. The first kappa shape index (κ1) is 12.4. The van der Waals surface area contributed by atoms with Gasteiger partial charge in [0.15, 0.2) is 0 Å². The standard InChI is InChI=1S/C11H15N.CH3NO2/c1-2-6-10(7-3-1)12-11-8-4-5-9-11;2-1(3)4/h1-3,6-7,11-12H,4-5,8-9H2;2H2,(H,3,4). The highest BCUT2D eigenvalue weighted by atomic mass is 16.4. The Bertz CT molecular complexity index is 304. The summed E-state index contributed by atoms with van der Waals surface area (Å²) in [5, 5.41) is 10.7. The van der Waals surface area contributed by atoms with Crippen molar-refractivity contribution < 1.29 is 9.90 Å². The SMILES string of the molecule is NC(=O)O.c1ccc(NC2CCCC2)cc1. The number of carboxylic acid groups (broad SMARTS) is 1. The van der Waals surface area contributed by atoms with Crippen LogP contribution in [-0.4, -0.2) is 17.2 Å². The lowest BCUT2D eigenvalue weighted by molar-refractivity contribution is 0.205. The Balaban J connectivity index is 0.000000280. The van der Waals surface area contributed by atoms with Crippen molar-refractivity contribution >= 4 is 11.8 Å². The van der Waals surface area contributed by atoms with Crippen molar-refractivity contribution in [2.45, 2.75) is 31.7 Å². The molecule has 1 aromatic rings. The van der Waals surface area contributed by atoms with Gasteiger partial charge in [-0.3, -0.25) is 0 Å². The van der Waals surface area contributed by atoms with Crippen LogP contribution in [0, 0.1) is 0 Å². The second kappa shape index (κ2) is 6.71. The molecule has 0 spiro atoms. The van der Waals surface area contributed by atoms with E-state index in [0.29, 0.717) is 0 Å². The third-order valence-corrected chi connectivity index (χ3v) is 2.50. The summed E-state index contributed by atoms with van der Waals surface area (Å²) < 4.78 is 0. The molecule has 0 saturated heterocycles. The van der Waals surface area contributed by atoms with Gasteiger partial charge in [-0.15, -0.1) is 0 Å². The number of anilines is 1. The van der Waals surface area contributed by atoms with Gasteiger partial charge in [-0.05, 0) is 25.0 Å². The molecule has 1 aromatic carbocycles. The van der Waals surface area contributed by atoms with Gasteiger partial charge in [0.25, 0.3) is 0 Å². The van der Waals surface area contributed by atoms with Gasteiger partial charge in [-0.1, -0.05) is 31.0 Å². The number of carbonyl (C=O) groups is 1. The predicted octanol–water partition coefficient (Wildman–Crippen LogP) is 2.66. The summed E-state index contributed by atoms with van der Waals surface area (Å²) in [5.41, 5.74) is 5.30. The molecule has 1 saturated carbocycles. The number of primary amides is 1. The third kappa shape index (κ3) is 5.24. The monoisotopic (exact) mass is 222 g/mol. The zero-order valence-electron chi connectivity index (χ0n) is 9.23. The lowest BCUT2D eigenvalue weighted by Crippen LogP contribution is -2.13. The molecule has 0 aliphatic heterocycles. The molecule has 0 bridgehead atoms. The topological polar surface area (TPSA) is 75.4 Å². The molecule has 1 amide bonds. The van der Waals surface area contributed by atoms with Crippen LogP contribution >= 0.6 is 0 Å². The summed E-state index contributed by atoms with van der Waals surface area (Å²) in [6.45, 7) is 0. The fourth-order valence-electron chi connectivity index (χ4n) is 1.84. The zero-order valence-corrected chi connectivity index (χ0v) is 9.23. The fourth-order valence-corrected chi connectivity index (χ4v) is 1.84. The minimum Gasteiger partial charge on any atom is -0.465 e. The van der Waals surface area contributed by atoms with Crippen molar-refractivity contribution in [2.75, 3.05) is 5.32 Å². The van der Waals surface area contributed by atoms with Crippen LogP contribution in [0.1, 0.15) is 25.7 Å². The Morgan fingerprint density at radius 1 is 1.25 bits per heavy atom. The molecule has 0 aromatic heterocycles. The average molecular weight is 222 g/mol. The number of para-hydroxylation sites is 1. The van der Waals surface area contributed by atoms with Gasteiger partial charge in [-0.25, -0.2) is 4.79 Å². The minimum absolute atomic E-state index is 0.729. The first-order chi connectivity index (χ1) is 7.68. The fraction of sp³-hybridized carbons (Fsp3) is 0.417. The Labute approximate surface area is 95.5 Å². The van der Waals surface area contributed by atoms with E-state index in [9.17, 15) is 0 Å². The smallest absolute Gasteiger partial charge is 0.402 e. The van der Waals surface area contributed by atoms with E-state index < -0.39 is 6.09 Å². The highest BCUT2D eigenvalue weighted by molar-refractivity contribution is 5.61. The van der Waals surface area contributed by atoms with Gasteiger partial charge in [0.05, 0.1) is 0 Å². The molecular weight excluding hydrogens is 204 g/mol. The molecule has 4 heteroatoms. The maximum atomic E-state index is 8.78. The van der Waals surface area contributed by atoms with E-state index in [1.807, 2.05) is 0 Å². The van der Waals surface area contributed by atoms with E-state index in [2.05, 4.69) is 41.4 Å². The number of rotatable bonds is 2. The maximum absolute atomic E-state index is 8.78. The van der Waals surface area contributed by atoms with E-state index in [-0.39, 0.29) is 0 Å². The Kier molecular flexibility index (Phi) is 5.19. The molecule has 0 radical (unpaired) electrons. The zero-order chi connectivity index (χ0) is 11.8. The predicted molar refractivity (Wildman–Crippen MR) is 64.5 cm³/mol. The van der Waals surface area contributed by atoms with Crippen LogP contribution in [0.4, 0.5) is 10.5 Å². The second-order valence-corrected chi connectivity index (χ2v) is 3.83. The Morgan fingerprint density at radius 3 is 2.25 bits per heavy atom. The first-order valence-corrected chi connectivity index (χ1v) is 5.48. The summed E-state index contributed by atoms with van der Waals surface area (Å²) in [6.07, 6.45) is 4.14. The van der Waals surface area contributed by atoms with Gasteiger partial charge < -0.3 is 16.2 Å². The van der Waals surface area contributed by atoms with Crippen LogP contribution in [-0.2, 0) is 0 Å². The van der Waals surface area contributed by atoms with E-state index in [1.165, 1.54) is 31.4 Å². The summed E-state index contributed by atoms with van der Waals surface area (Å²) >= 11 is 0. The van der Waals surface area contributed by atoms with E-state index >= 15 is 0 Å². The number of hydrogen-bond acceptors (Lipinski definition) is 2. The Hall–Kier alpha value is -1.71. The number of amides is 1. The molecule has 4 N–H and O–H groups in total. The van der Waals surface area contributed by atoms with Crippen LogP contribution < -0.4 is 11.1 Å². The van der Waals surface area contributed by atoms with Gasteiger partial charge in [0, 0.05) is 11.7 Å². The molecule has 1 aliphatic carbocycles. The first-order valence-electron chi connectivity index (χ1n) is 5.48. The minimum atomic E-state index is -1.33. The van der Waals surface area contributed by atoms with Gasteiger partial charge in [0.2, 0.25) is 0 Å². The van der Waals surface area contributed by atoms with Crippen LogP contribution in [0.3, 0.4) is 0 Å². The largest absolute Gasteiger partial charge is 0.465 e. The molecule has 4 nitrogen and oxygen atoms in total. The highest BCUT2D eigenvalue weighted by Gasteiger charge is 2.13. The third-order valence-electron chi connectivity index (χ3n) is 2.50. The van der Waals surface area contributed by atoms with Crippen molar-refractivity contribution in [2.24, 2.45) is 5.73 Å². The molecule has 1 aliphatic rings. The molecule has 1 fully saturated rings. The average Bonchev–Trinajstić information content (AvgIpc) is 2.71. The van der Waals surface area contributed by atoms with Crippen LogP contribution in [0.2, 0.25) is 0 Å². The number of benzene rings is 1. The molecule has 88 valence electrons. The van der Waals surface area contributed by atoms with Crippen LogP contribution in [0.15, 0.2) is 30.3 Å². The molecule has 16 heavy (non-hydrogen) atoms. The van der Waals surface area contributed by atoms with E-state index in [1.54, 1.807) is 0 Å². The van der Waals surface area contributed by atoms with Crippen molar-refractivity contribution in [3.05, 3.63) is 30.3 Å². The highest BCUT2D eigenvalue weighted by Crippen LogP contribution is 2.21. The van der Waals surface area contributed by atoms with E-state index in [4.69, 9.17) is 9.90 Å². The summed E-state index contributed by atoms with van der Waals surface area (Å²) in [4.78, 5) is 8.78. The normalized spacial score (nSPS) is 15.0. The van der Waals surface area contributed by atoms with Crippen LogP contribution in [0.5, 0.6) is 0 Å².